The first-order valence-corrected chi connectivity index (χ1v) is 18.0. The molecule has 0 radical (unpaired) electrons. The van der Waals surface area contributed by atoms with Gasteiger partial charge in [-0.05, 0) is 77.8 Å². The Labute approximate surface area is 323 Å². The summed E-state index contributed by atoms with van der Waals surface area (Å²) in [5, 5.41) is 2.27. The number of aliphatic imine (C=N–C) groups is 1. The van der Waals surface area contributed by atoms with Crippen molar-refractivity contribution in [3.8, 4) is 17.3 Å². The Kier molecular flexibility index (Phi) is 9.62. The fourth-order valence-corrected chi connectivity index (χ4v) is 6.87. The fourth-order valence-electron chi connectivity index (χ4n) is 6.87. The van der Waals surface area contributed by atoms with Gasteiger partial charge in [0.15, 0.2) is 0 Å². The number of pyridine rings is 1. The van der Waals surface area contributed by atoms with Gasteiger partial charge in [-0.3, -0.25) is 4.99 Å². The van der Waals surface area contributed by atoms with Crippen LogP contribution in [-0.4, -0.2) is 21.0 Å². The van der Waals surface area contributed by atoms with Crippen molar-refractivity contribution in [2.45, 2.75) is 104 Å². The van der Waals surface area contributed by atoms with E-state index in [2.05, 4.69) is 166 Å². The molecule has 0 bridgehead atoms. The molecular weight excluding hydrogens is 822 g/mol. The van der Waals surface area contributed by atoms with Crippen molar-refractivity contribution in [3.63, 3.8) is 0 Å². The summed E-state index contributed by atoms with van der Waals surface area (Å²) in [6.07, 6.45) is 1.91. The summed E-state index contributed by atoms with van der Waals surface area (Å²) < 4.78 is 15.5. The van der Waals surface area contributed by atoms with Gasteiger partial charge in [-0.25, -0.2) is 4.98 Å². The smallest absolute Gasteiger partial charge is 0.512 e. The van der Waals surface area contributed by atoms with Crippen LogP contribution in [0.1, 0.15) is 110 Å². The molecule has 0 spiro atoms. The van der Waals surface area contributed by atoms with Crippen LogP contribution >= 0.6 is 0 Å². The zero-order valence-electron chi connectivity index (χ0n) is 32.2. The molecule has 1 aliphatic rings. The molecule has 0 aliphatic carbocycles. The molecule has 0 amide bonds. The Bertz CT molecular complexity index is 2300. The van der Waals surface area contributed by atoms with E-state index in [0.29, 0.717) is 17.4 Å². The van der Waals surface area contributed by atoms with E-state index in [0.717, 1.165) is 38.9 Å². The van der Waals surface area contributed by atoms with Gasteiger partial charge in [0, 0.05) is 23.2 Å². The first-order valence-electron chi connectivity index (χ1n) is 18.0. The van der Waals surface area contributed by atoms with E-state index in [9.17, 15) is 0 Å². The Morgan fingerprint density at radius 2 is 1.44 bits per heavy atom. The largest absolute Gasteiger partial charge is 2.00 e. The van der Waals surface area contributed by atoms with Crippen molar-refractivity contribution in [1.29, 1.82) is 0 Å². The number of hydrogen-bond acceptors (Lipinski definition) is 4. The molecule has 6 aromatic rings. The second-order valence-electron chi connectivity index (χ2n) is 17.0. The van der Waals surface area contributed by atoms with Crippen molar-refractivity contribution in [1.82, 2.24) is 9.55 Å². The molecule has 4 aromatic carbocycles. The van der Waals surface area contributed by atoms with E-state index in [1.807, 2.05) is 18.3 Å². The molecule has 1 aliphatic heterocycles. The van der Waals surface area contributed by atoms with E-state index in [-0.39, 0.29) is 37.8 Å². The molecule has 3 heterocycles. The summed E-state index contributed by atoms with van der Waals surface area (Å²) in [7, 11) is 0. The number of rotatable bonds is 6. The van der Waals surface area contributed by atoms with Gasteiger partial charge in [-0.1, -0.05) is 121 Å². The van der Waals surface area contributed by atoms with Gasteiger partial charge in [0.1, 0.15) is 22.9 Å². The summed E-state index contributed by atoms with van der Waals surface area (Å²) in [5.74, 6) is 2.87. The molecule has 0 N–H and O–H groups in total. The summed E-state index contributed by atoms with van der Waals surface area (Å²) in [6, 6.07) is 36.9. The van der Waals surface area contributed by atoms with Crippen molar-refractivity contribution in [2.75, 3.05) is 0 Å². The maximum atomic E-state index is 6.65. The van der Waals surface area contributed by atoms with Crippen LogP contribution in [0.25, 0.3) is 27.6 Å². The van der Waals surface area contributed by atoms with Crippen LogP contribution < -0.4 is 4.74 Å². The van der Waals surface area contributed by atoms with Gasteiger partial charge >= 0.3 is 21.1 Å². The molecule has 0 saturated carbocycles. The molecule has 7 rings (SSSR count). The quantitative estimate of drug-likeness (QED) is 0.157. The van der Waals surface area contributed by atoms with E-state index >= 15 is 0 Å². The van der Waals surface area contributed by atoms with Crippen molar-refractivity contribution in [3.05, 3.63) is 131 Å². The number of hydrogen-bond donors (Lipinski definition) is 0. The minimum atomic E-state index is -0.566. The second kappa shape index (κ2) is 13.3. The second-order valence-corrected chi connectivity index (χ2v) is 17.0. The Morgan fingerprint density at radius 1 is 0.750 bits per heavy atom. The van der Waals surface area contributed by atoms with E-state index in [4.69, 9.17) is 19.5 Å². The Morgan fingerprint density at radius 3 is 2.12 bits per heavy atom. The molecule has 2 aromatic heterocycles. The molecule has 0 saturated heterocycles. The van der Waals surface area contributed by atoms with Gasteiger partial charge < -0.3 is 14.0 Å². The van der Waals surface area contributed by atoms with Crippen molar-refractivity contribution >= 4 is 27.7 Å². The van der Waals surface area contributed by atoms with Gasteiger partial charge in [0.2, 0.25) is 0 Å². The first kappa shape index (κ1) is 37.5. The molecular formula is C46H49N3O2Pt. The first-order chi connectivity index (χ1) is 23.9. The van der Waals surface area contributed by atoms with E-state index in [1.54, 1.807) is 0 Å². The molecule has 1 atom stereocenters. The Balaban J connectivity index is 0.00000464. The third-order valence-corrected chi connectivity index (χ3v) is 10.5. The van der Waals surface area contributed by atoms with Crippen LogP contribution in [0, 0.1) is 12.1 Å². The standard InChI is InChI=1S/C46H49N3O2.Pt/c1-29(2)30-23-31(42-48-46(11,45(9,10)51-42)32-15-13-12-14-16-32)25-36(24-30)50-35-18-19-37-38-26-33(43(3,4)5)17-20-39(38)49(40(37)28-35)41-27-34(21-22-47-41)44(6,7)8;/h12-24,26-27,29H,1-11H3;/q-2;+2/t46-;/m1./s1. The number of benzene rings is 4. The predicted octanol–water partition coefficient (Wildman–Crippen LogP) is 11.8. The van der Waals surface area contributed by atoms with E-state index < -0.39 is 11.1 Å². The molecule has 270 valence electrons. The molecule has 0 fully saturated rings. The monoisotopic (exact) mass is 870 g/mol. The summed E-state index contributed by atoms with van der Waals surface area (Å²) >= 11 is 0. The van der Waals surface area contributed by atoms with Gasteiger partial charge in [0.05, 0.1) is 0 Å². The summed E-state index contributed by atoms with van der Waals surface area (Å²) in [5.41, 5.74) is 6.35. The number of fused-ring (bicyclic) bond motifs is 3. The van der Waals surface area contributed by atoms with Gasteiger partial charge in [-0.2, -0.15) is 6.07 Å². The molecule has 0 unspecified atom stereocenters. The van der Waals surface area contributed by atoms with Crippen LogP contribution in [0.5, 0.6) is 11.5 Å². The van der Waals surface area contributed by atoms with E-state index in [1.165, 1.54) is 16.5 Å². The van der Waals surface area contributed by atoms with Crippen LogP contribution in [0.4, 0.5) is 0 Å². The average molecular weight is 871 g/mol. The number of aromatic nitrogens is 2. The number of nitrogens with zero attached hydrogens (tertiary/aromatic N) is 3. The fraction of sp³-hybridized carbons (Fsp3) is 0.348. The molecule has 5 nitrogen and oxygen atoms in total. The topological polar surface area (TPSA) is 48.6 Å². The van der Waals surface area contributed by atoms with Crippen LogP contribution in [-0.2, 0) is 42.2 Å². The van der Waals surface area contributed by atoms with Gasteiger partial charge in [-0.15, -0.1) is 29.1 Å². The van der Waals surface area contributed by atoms with Crippen LogP contribution in [0.15, 0.2) is 96.1 Å². The zero-order valence-corrected chi connectivity index (χ0v) is 34.5. The average Bonchev–Trinajstić information content (AvgIpc) is 3.53. The SMILES string of the molecule is CC(C)c1cc(Oc2[c-]c3c(cc2)c2cc(C(C)(C)C)ccc2n3-c2cc(C(C)(C)C)ccn2)[c-]c(C2=N[C@](C)(c3ccccc3)C(C)(C)O2)c1.[Pt+2]. The maximum absolute atomic E-state index is 6.65. The zero-order chi connectivity index (χ0) is 36.5. The summed E-state index contributed by atoms with van der Waals surface area (Å²) in [4.78, 5) is 10.1. The Hall–Kier alpha value is -4.21. The third-order valence-electron chi connectivity index (χ3n) is 10.5. The van der Waals surface area contributed by atoms with Crippen molar-refractivity contribution in [2.24, 2.45) is 4.99 Å². The molecule has 6 heteroatoms. The minimum Gasteiger partial charge on any atom is -0.512 e. The summed E-state index contributed by atoms with van der Waals surface area (Å²) in [6.45, 7) is 24.1. The van der Waals surface area contributed by atoms with Gasteiger partial charge in [0.25, 0.3) is 0 Å². The maximum Gasteiger partial charge on any atom is 2.00 e. The third kappa shape index (κ3) is 6.73. The predicted molar refractivity (Wildman–Crippen MR) is 210 cm³/mol. The van der Waals surface area contributed by atoms with Crippen LogP contribution in [0.2, 0.25) is 0 Å². The number of ether oxygens (including phenoxy) is 2. The normalized spacial score (nSPS) is 17.3. The van der Waals surface area contributed by atoms with Crippen molar-refractivity contribution < 1.29 is 30.5 Å². The van der Waals surface area contributed by atoms with Crippen LogP contribution in [0.3, 0.4) is 0 Å². The minimum absolute atomic E-state index is 0. The molecule has 52 heavy (non-hydrogen) atoms.